The van der Waals surface area contributed by atoms with E-state index >= 15 is 0 Å². The minimum Gasteiger partial charge on any atom is -0.0831 e. The molecule has 3 atom stereocenters. The maximum atomic E-state index is 6.73. The zero-order valence-corrected chi connectivity index (χ0v) is 27.8. The van der Waals surface area contributed by atoms with Gasteiger partial charge in [0.2, 0.25) is 0 Å². The monoisotopic (exact) mass is 584 g/mol. The van der Waals surface area contributed by atoms with E-state index in [1.165, 1.54) is 33.4 Å². The third kappa shape index (κ3) is 7.63. The average molecular weight is 586 g/mol. The Kier molecular flexibility index (Phi) is 9.69. The number of benzene rings is 3. The Hall–Kier alpha value is -1.47. The van der Waals surface area contributed by atoms with E-state index in [0.717, 1.165) is 6.42 Å². The fraction of sp³-hybridized carbons (Fsp3) is 0.500. The second-order valence-electron chi connectivity index (χ2n) is 14.1. The molecule has 0 aromatic heterocycles. The molecule has 0 fully saturated rings. The number of halogens is 3. The van der Waals surface area contributed by atoms with Crippen molar-refractivity contribution < 1.29 is 0 Å². The maximum Gasteiger partial charge on any atom is 0.195 e. The lowest BCUT2D eigenvalue weighted by molar-refractivity contribution is 0.123. The molecule has 0 aliphatic rings. The predicted molar refractivity (Wildman–Crippen MR) is 175 cm³/mol. The molecule has 3 aromatic carbocycles. The van der Waals surface area contributed by atoms with Crippen LogP contribution in [0, 0.1) is 17.3 Å². The maximum absolute atomic E-state index is 6.73. The summed E-state index contributed by atoms with van der Waals surface area (Å²) in [6, 6.07) is 26.6. The lowest BCUT2D eigenvalue weighted by Crippen LogP contribution is -2.43. The summed E-state index contributed by atoms with van der Waals surface area (Å²) in [5.74, 6) is 0.601. The molecule has 0 heterocycles. The van der Waals surface area contributed by atoms with E-state index < -0.39 is 9.21 Å². The molecule has 3 unspecified atom stereocenters. The lowest BCUT2D eigenvalue weighted by atomic mass is 9.63. The highest BCUT2D eigenvalue weighted by Crippen LogP contribution is 2.56. The van der Waals surface area contributed by atoms with Crippen LogP contribution in [-0.4, -0.2) is 3.79 Å². The Balaban J connectivity index is 2.03. The third-order valence-electron chi connectivity index (χ3n) is 8.55. The Morgan fingerprint density at radius 3 is 1.51 bits per heavy atom. The van der Waals surface area contributed by atoms with Crippen LogP contribution < -0.4 is 0 Å². The van der Waals surface area contributed by atoms with Crippen LogP contribution in [-0.2, 0) is 17.3 Å². The summed E-state index contributed by atoms with van der Waals surface area (Å²) in [4.78, 5) is 0. The molecule has 0 nitrogen and oxygen atoms in total. The summed E-state index contributed by atoms with van der Waals surface area (Å²) >= 11 is 20.2. The molecule has 0 aliphatic heterocycles. The highest BCUT2D eigenvalue weighted by Gasteiger charge is 2.50. The first-order valence-corrected chi connectivity index (χ1v) is 15.3. The average Bonchev–Trinajstić information content (AvgIpc) is 2.83. The van der Waals surface area contributed by atoms with Crippen LogP contribution in [0.15, 0.2) is 72.8 Å². The molecule has 3 rings (SSSR count). The molecule has 39 heavy (non-hydrogen) atoms. The van der Waals surface area contributed by atoms with Gasteiger partial charge in [-0.2, -0.15) is 0 Å². The van der Waals surface area contributed by atoms with Crippen molar-refractivity contribution in [1.82, 2.24) is 0 Å². The van der Waals surface area contributed by atoms with E-state index in [0.29, 0.717) is 0 Å². The van der Waals surface area contributed by atoms with Gasteiger partial charge in [0.05, 0.1) is 0 Å². The lowest BCUT2D eigenvalue weighted by Gasteiger charge is -2.46. The number of hydrogen-bond acceptors (Lipinski definition) is 0. The standard InChI is InChI=1S/C36H47Cl3/c1-24(20-26-16-18-28(19-17-26)27-14-12-11-13-15-27)32(35(9,10)36(37,38)39)25(2)29-21-30(33(3,4)5)23-31(22-29)34(6,7)8/h11-19,21-25,32H,20H2,1-10H3. The second kappa shape index (κ2) is 11.8. The van der Waals surface area contributed by atoms with Crippen molar-refractivity contribution in [1.29, 1.82) is 0 Å². The van der Waals surface area contributed by atoms with Crippen LogP contribution in [0.2, 0.25) is 0 Å². The van der Waals surface area contributed by atoms with E-state index in [-0.39, 0.29) is 28.6 Å². The number of hydrogen-bond donors (Lipinski definition) is 0. The van der Waals surface area contributed by atoms with Gasteiger partial charge in [-0.15, -0.1) is 0 Å². The van der Waals surface area contributed by atoms with Gasteiger partial charge in [-0.1, -0.05) is 177 Å². The summed E-state index contributed by atoms with van der Waals surface area (Å²) in [6.07, 6.45) is 0.916. The molecule has 0 aliphatic carbocycles. The molecular weight excluding hydrogens is 539 g/mol. The highest BCUT2D eigenvalue weighted by atomic mass is 35.6. The van der Waals surface area contributed by atoms with Crippen LogP contribution in [0.25, 0.3) is 11.1 Å². The van der Waals surface area contributed by atoms with Crippen molar-refractivity contribution >= 4 is 34.8 Å². The third-order valence-corrected chi connectivity index (χ3v) is 10.0. The van der Waals surface area contributed by atoms with Gasteiger partial charge in [0.1, 0.15) is 0 Å². The van der Waals surface area contributed by atoms with E-state index in [2.05, 4.69) is 142 Å². The fourth-order valence-corrected chi connectivity index (χ4v) is 6.35. The van der Waals surface area contributed by atoms with Gasteiger partial charge < -0.3 is 0 Å². The van der Waals surface area contributed by atoms with Crippen molar-refractivity contribution in [3.8, 4) is 11.1 Å². The first-order valence-electron chi connectivity index (χ1n) is 14.2. The zero-order valence-electron chi connectivity index (χ0n) is 25.5. The van der Waals surface area contributed by atoms with Crippen molar-refractivity contribution in [3.05, 3.63) is 95.1 Å². The summed E-state index contributed by atoms with van der Waals surface area (Å²) in [7, 11) is 0. The predicted octanol–water partition coefficient (Wildman–Crippen LogP) is 11.9. The number of alkyl halides is 3. The van der Waals surface area contributed by atoms with Gasteiger partial charge >= 0.3 is 0 Å². The fourth-order valence-electron chi connectivity index (χ4n) is 5.97. The normalized spacial score (nSPS) is 15.6. The second-order valence-corrected chi connectivity index (χ2v) is 16.4. The molecule has 0 amide bonds. The van der Waals surface area contributed by atoms with Crippen molar-refractivity contribution in [2.75, 3.05) is 0 Å². The van der Waals surface area contributed by atoms with Crippen LogP contribution in [0.4, 0.5) is 0 Å². The highest BCUT2D eigenvalue weighted by molar-refractivity contribution is 6.68. The van der Waals surface area contributed by atoms with Crippen molar-refractivity contribution in [3.63, 3.8) is 0 Å². The molecule has 0 saturated carbocycles. The molecule has 0 saturated heterocycles. The Bertz CT molecular complexity index is 1190. The van der Waals surface area contributed by atoms with Crippen LogP contribution in [0.5, 0.6) is 0 Å². The molecule has 0 N–H and O–H groups in total. The SMILES string of the molecule is CC(Cc1ccc(-c2ccccc2)cc1)C(C(C)c1cc(C(C)(C)C)cc(C(C)(C)C)c1)C(C)(C)C(Cl)(Cl)Cl. The van der Waals surface area contributed by atoms with Crippen molar-refractivity contribution in [2.24, 2.45) is 17.3 Å². The Morgan fingerprint density at radius 1 is 0.615 bits per heavy atom. The van der Waals surface area contributed by atoms with E-state index in [1.54, 1.807) is 0 Å². The molecular formula is C36H47Cl3. The van der Waals surface area contributed by atoms with E-state index in [4.69, 9.17) is 34.8 Å². The summed E-state index contributed by atoms with van der Waals surface area (Å²) in [6.45, 7) is 22.6. The minimum atomic E-state index is -1.40. The van der Waals surface area contributed by atoms with Crippen LogP contribution in [0.3, 0.4) is 0 Å². The quantitative estimate of drug-likeness (QED) is 0.242. The van der Waals surface area contributed by atoms with Crippen LogP contribution in [0.1, 0.15) is 97.4 Å². The minimum absolute atomic E-state index is 0.0437. The van der Waals surface area contributed by atoms with E-state index in [1.807, 2.05) is 0 Å². The largest absolute Gasteiger partial charge is 0.195 e. The van der Waals surface area contributed by atoms with Gasteiger partial charge in [0.15, 0.2) is 3.79 Å². The topological polar surface area (TPSA) is 0 Å². The van der Waals surface area contributed by atoms with Crippen LogP contribution >= 0.6 is 34.8 Å². The first-order chi connectivity index (χ1) is 17.8. The van der Waals surface area contributed by atoms with Gasteiger partial charge in [0.25, 0.3) is 0 Å². The molecule has 3 heteroatoms. The molecule has 0 radical (unpaired) electrons. The van der Waals surface area contributed by atoms with Gasteiger partial charge in [-0.05, 0) is 68.4 Å². The molecule has 212 valence electrons. The van der Waals surface area contributed by atoms with Gasteiger partial charge in [-0.25, -0.2) is 0 Å². The van der Waals surface area contributed by atoms with E-state index in [9.17, 15) is 0 Å². The summed E-state index contributed by atoms with van der Waals surface area (Å²) in [5.41, 5.74) is 7.33. The van der Waals surface area contributed by atoms with Gasteiger partial charge in [0, 0.05) is 5.41 Å². The smallest absolute Gasteiger partial charge is 0.0831 e. The van der Waals surface area contributed by atoms with Gasteiger partial charge in [-0.3, -0.25) is 0 Å². The Labute approximate surface area is 253 Å². The zero-order chi connectivity index (χ0) is 29.4. The summed E-state index contributed by atoms with van der Waals surface area (Å²) in [5, 5.41) is 0. The summed E-state index contributed by atoms with van der Waals surface area (Å²) < 4.78 is -1.40. The Morgan fingerprint density at radius 2 is 1.08 bits per heavy atom. The molecule has 3 aromatic rings. The molecule has 0 bridgehead atoms. The van der Waals surface area contributed by atoms with Crippen molar-refractivity contribution in [2.45, 2.75) is 96.2 Å². The molecule has 0 spiro atoms. The first kappa shape index (κ1) is 32.0. The number of rotatable bonds is 7.